The van der Waals surface area contributed by atoms with E-state index in [-0.39, 0.29) is 24.4 Å². The normalized spacial score (nSPS) is 15.2. The minimum absolute atomic E-state index is 0.0535. The van der Waals surface area contributed by atoms with Gasteiger partial charge in [0.2, 0.25) is 0 Å². The van der Waals surface area contributed by atoms with E-state index in [0.717, 1.165) is 0 Å². The highest BCUT2D eigenvalue weighted by atomic mass is 16.6. The van der Waals surface area contributed by atoms with Crippen LogP contribution < -0.4 is 14.8 Å². The number of benzene rings is 1. The zero-order chi connectivity index (χ0) is 28.6. The summed E-state index contributed by atoms with van der Waals surface area (Å²) in [6.45, 7) is 9.58. The lowest BCUT2D eigenvalue weighted by atomic mass is 9.80. The van der Waals surface area contributed by atoms with E-state index in [9.17, 15) is 19.2 Å². The van der Waals surface area contributed by atoms with Crippen LogP contribution in [0.15, 0.2) is 40.7 Å². The molecule has 208 valence electrons. The highest BCUT2D eigenvalue weighted by Gasteiger charge is 2.40. The van der Waals surface area contributed by atoms with E-state index in [0.29, 0.717) is 28.5 Å². The fraction of sp³-hybridized carbons (Fsp3) is 0.481. The smallest absolute Gasteiger partial charge is 0.347 e. The van der Waals surface area contributed by atoms with Crippen molar-refractivity contribution in [1.29, 1.82) is 0 Å². The third-order valence-corrected chi connectivity index (χ3v) is 5.71. The van der Waals surface area contributed by atoms with Crippen LogP contribution in [0.1, 0.15) is 53.0 Å². The number of carbonyl (C=O) groups is 4. The Morgan fingerprint density at radius 1 is 0.763 bits per heavy atom. The molecule has 0 fully saturated rings. The number of allylic oxidation sites excluding steroid dienone is 2. The van der Waals surface area contributed by atoms with Crippen LogP contribution >= 0.6 is 0 Å². The Bertz CT molecular complexity index is 1050. The predicted molar refractivity (Wildman–Crippen MR) is 135 cm³/mol. The molecule has 0 aromatic heterocycles. The summed E-state index contributed by atoms with van der Waals surface area (Å²) in [5, 5.41) is 3.02. The Balaban J connectivity index is 2.63. The number of dihydropyridines is 1. The monoisotopic (exact) mass is 533 g/mol. The maximum atomic E-state index is 13.5. The highest BCUT2D eigenvalue weighted by Crippen LogP contribution is 2.42. The lowest BCUT2D eigenvalue weighted by Crippen LogP contribution is -2.36. The van der Waals surface area contributed by atoms with Gasteiger partial charge in [-0.05, 0) is 59.2 Å². The van der Waals surface area contributed by atoms with Crippen molar-refractivity contribution in [2.75, 3.05) is 27.4 Å². The summed E-state index contributed by atoms with van der Waals surface area (Å²) in [4.78, 5) is 51.2. The van der Waals surface area contributed by atoms with Crippen LogP contribution in [0.4, 0.5) is 0 Å². The van der Waals surface area contributed by atoms with Gasteiger partial charge in [0.15, 0.2) is 12.2 Å². The Labute approximate surface area is 222 Å². The van der Waals surface area contributed by atoms with Gasteiger partial charge in [-0.25, -0.2) is 19.2 Å². The average molecular weight is 534 g/mol. The van der Waals surface area contributed by atoms with Gasteiger partial charge in [-0.2, -0.15) is 0 Å². The van der Waals surface area contributed by atoms with Crippen LogP contribution in [0.2, 0.25) is 0 Å². The molecular weight excluding hydrogens is 498 g/mol. The second-order valence-electron chi connectivity index (χ2n) is 8.38. The first kappa shape index (κ1) is 30.2. The van der Waals surface area contributed by atoms with Gasteiger partial charge >= 0.3 is 23.9 Å². The molecule has 1 aromatic carbocycles. The van der Waals surface area contributed by atoms with E-state index in [2.05, 4.69) is 5.32 Å². The Morgan fingerprint density at radius 3 is 1.50 bits per heavy atom. The van der Waals surface area contributed by atoms with Gasteiger partial charge in [-0.1, -0.05) is 0 Å². The molecule has 1 heterocycles. The van der Waals surface area contributed by atoms with Crippen molar-refractivity contribution in [3.8, 4) is 11.5 Å². The molecule has 1 aromatic rings. The van der Waals surface area contributed by atoms with E-state index in [1.807, 2.05) is 0 Å². The summed E-state index contributed by atoms with van der Waals surface area (Å²) < 4.78 is 31.5. The summed E-state index contributed by atoms with van der Waals surface area (Å²) in [6.07, 6.45) is -2.40. The minimum atomic E-state index is -1.20. The zero-order valence-corrected chi connectivity index (χ0v) is 23.0. The van der Waals surface area contributed by atoms with Gasteiger partial charge in [0.1, 0.15) is 11.5 Å². The zero-order valence-electron chi connectivity index (χ0n) is 23.0. The Hall–Kier alpha value is -4.02. The molecular formula is C27H35NO10. The molecule has 2 atom stereocenters. The number of rotatable bonds is 11. The topological polar surface area (TPSA) is 136 Å². The molecule has 1 aliphatic heterocycles. The van der Waals surface area contributed by atoms with Gasteiger partial charge < -0.3 is 33.7 Å². The summed E-state index contributed by atoms with van der Waals surface area (Å²) in [6, 6.07) is 4.92. The molecule has 11 nitrogen and oxygen atoms in total. The molecule has 0 bridgehead atoms. The van der Waals surface area contributed by atoms with Gasteiger partial charge in [-0.15, -0.1) is 0 Å². The lowest BCUT2D eigenvalue weighted by Gasteiger charge is -2.31. The number of nitrogens with one attached hydrogen (secondary N) is 1. The fourth-order valence-electron chi connectivity index (χ4n) is 3.93. The molecule has 2 rings (SSSR count). The van der Waals surface area contributed by atoms with E-state index in [1.54, 1.807) is 45.9 Å². The molecule has 0 saturated carbocycles. The standard InChI is InChI=1S/C27H35NO10/c1-9-35-24(29)16(5)37-26(31)21-14(3)28-15(4)22(27(32)38-17(6)25(30)36-10-2)23(21)18-11-19(33-7)13-20(12-18)34-8/h11-13,16-17,23,28H,9-10H2,1-8H3/t16-,17-/m0/s1. The van der Waals surface area contributed by atoms with E-state index >= 15 is 0 Å². The minimum Gasteiger partial charge on any atom is -0.497 e. The third kappa shape index (κ3) is 7.05. The molecule has 0 unspecified atom stereocenters. The van der Waals surface area contributed by atoms with Gasteiger partial charge in [0, 0.05) is 17.5 Å². The summed E-state index contributed by atoms with van der Waals surface area (Å²) in [5.74, 6) is -3.32. The van der Waals surface area contributed by atoms with Crippen molar-refractivity contribution in [2.45, 2.75) is 59.7 Å². The molecule has 0 saturated heterocycles. The Kier molecular flexibility index (Phi) is 10.7. The van der Waals surface area contributed by atoms with Crippen LogP contribution in [0.5, 0.6) is 11.5 Å². The van der Waals surface area contributed by atoms with Crippen molar-refractivity contribution in [3.63, 3.8) is 0 Å². The van der Waals surface area contributed by atoms with Crippen LogP contribution in [0, 0.1) is 0 Å². The number of hydrogen-bond donors (Lipinski definition) is 1. The number of carbonyl (C=O) groups excluding carboxylic acids is 4. The summed E-state index contributed by atoms with van der Waals surface area (Å²) >= 11 is 0. The average Bonchev–Trinajstić information content (AvgIpc) is 2.87. The molecule has 0 aliphatic carbocycles. The maximum absolute atomic E-state index is 13.5. The summed E-state index contributed by atoms with van der Waals surface area (Å²) in [7, 11) is 2.94. The molecule has 1 aliphatic rings. The first-order valence-corrected chi connectivity index (χ1v) is 12.2. The number of ether oxygens (including phenoxy) is 6. The molecule has 0 spiro atoms. The largest absolute Gasteiger partial charge is 0.497 e. The second kappa shape index (κ2) is 13.5. The van der Waals surface area contributed by atoms with Gasteiger partial charge in [0.25, 0.3) is 0 Å². The first-order chi connectivity index (χ1) is 18.0. The maximum Gasteiger partial charge on any atom is 0.347 e. The van der Waals surface area contributed by atoms with Crippen LogP contribution in [-0.2, 0) is 38.1 Å². The van der Waals surface area contributed by atoms with Gasteiger partial charge in [-0.3, -0.25) is 0 Å². The molecule has 0 amide bonds. The number of methoxy groups -OCH3 is 2. The second-order valence-corrected chi connectivity index (χ2v) is 8.38. The molecule has 1 N–H and O–H groups in total. The van der Waals surface area contributed by atoms with Crippen molar-refractivity contribution in [2.24, 2.45) is 0 Å². The van der Waals surface area contributed by atoms with Crippen molar-refractivity contribution in [3.05, 3.63) is 46.3 Å². The Morgan fingerprint density at radius 2 is 1.16 bits per heavy atom. The van der Waals surface area contributed by atoms with Gasteiger partial charge in [0.05, 0.1) is 44.5 Å². The van der Waals surface area contributed by atoms with E-state index < -0.39 is 42.0 Å². The van der Waals surface area contributed by atoms with Crippen LogP contribution in [0.3, 0.4) is 0 Å². The lowest BCUT2D eigenvalue weighted by molar-refractivity contribution is -0.164. The molecule has 11 heteroatoms. The van der Waals surface area contributed by atoms with E-state index in [4.69, 9.17) is 28.4 Å². The first-order valence-electron chi connectivity index (χ1n) is 12.2. The third-order valence-electron chi connectivity index (χ3n) is 5.71. The SMILES string of the molecule is CCOC(=O)[C@H](C)OC(=O)C1=C(C)NC(C)=C(C(=O)O[C@@H](C)C(=O)OCC)C1c1cc(OC)cc(OC)c1. The number of esters is 4. The van der Waals surface area contributed by atoms with Crippen molar-refractivity contribution < 1.29 is 47.6 Å². The highest BCUT2D eigenvalue weighted by molar-refractivity contribution is 6.01. The fourth-order valence-corrected chi connectivity index (χ4v) is 3.93. The van der Waals surface area contributed by atoms with Crippen molar-refractivity contribution in [1.82, 2.24) is 5.32 Å². The van der Waals surface area contributed by atoms with Crippen molar-refractivity contribution >= 4 is 23.9 Å². The molecule has 38 heavy (non-hydrogen) atoms. The van der Waals surface area contributed by atoms with E-state index in [1.165, 1.54) is 28.1 Å². The van der Waals surface area contributed by atoms with Crippen LogP contribution in [-0.4, -0.2) is 63.5 Å². The predicted octanol–water partition coefficient (Wildman–Crippen LogP) is 2.93. The summed E-state index contributed by atoms with van der Waals surface area (Å²) in [5.41, 5.74) is 1.35. The quantitative estimate of drug-likeness (QED) is 0.332. The number of hydrogen-bond acceptors (Lipinski definition) is 11. The van der Waals surface area contributed by atoms with Crippen LogP contribution in [0.25, 0.3) is 0 Å². The molecule has 0 radical (unpaired) electrons.